The highest BCUT2D eigenvalue weighted by Crippen LogP contribution is 2.30. The molecular weight excluding hydrogens is 474 g/mol. The first-order valence-electron chi connectivity index (χ1n) is 13.1. The van der Waals surface area contributed by atoms with E-state index in [4.69, 9.17) is 0 Å². The van der Waals surface area contributed by atoms with Crippen molar-refractivity contribution in [2.45, 2.75) is 39.5 Å². The van der Waals surface area contributed by atoms with Crippen LogP contribution in [0.4, 0.5) is 17.3 Å². The zero-order valence-electron chi connectivity index (χ0n) is 22.1. The molecule has 1 atom stereocenters. The van der Waals surface area contributed by atoms with Crippen molar-refractivity contribution in [1.82, 2.24) is 24.8 Å². The van der Waals surface area contributed by atoms with Crippen LogP contribution in [-0.2, 0) is 0 Å². The minimum absolute atomic E-state index is 0.207. The van der Waals surface area contributed by atoms with Crippen molar-refractivity contribution in [3.63, 3.8) is 0 Å². The molecule has 1 aliphatic rings. The molecule has 8 nitrogen and oxygen atoms in total. The molecule has 0 spiro atoms. The third-order valence-electron chi connectivity index (χ3n) is 6.99. The lowest BCUT2D eigenvalue weighted by atomic mass is 9.89. The maximum atomic E-state index is 13.2. The van der Waals surface area contributed by atoms with Crippen LogP contribution in [0.25, 0.3) is 11.3 Å². The molecule has 0 aliphatic carbocycles. The second-order valence-electron chi connectivity index (χ2n) is 9.81. The van der Waals surface area contributed by atoms with Crippen LogP contribution >= 0.6 is 0 Å². The highest BCUT2D eigenvalue weighted by molar-refractivity contribution is 6.04. The largest absolute Gasteiger partial charge is 0.323 e. The van der Waals surface area contributed by atoms with Crippen molar-refractivity contribution >= 4 is 23.2 Å². The van der Waals surface area contributed by atoms with Gasteiger partial charge in [0.2, 0.25) is 5.95 Å². The Bertz CT molecular complexity index is 1420. The predicted molar refractivity (Wildman–Crippen MR) is 151 cm³/mol. The van der Waals surface area contributed by atoms with Gasteiger partial charge in [-0.25, -0.2) is 9.97 Å². The van der Waals surface area contributed by atoms with Crippen LogP contribution in [0.5, 0.6) is 0 Å². The number of likely N-dealkylation sites (N-methyl/N-ethyl adjacent to an activating group) is 1. The van der Waals surface area contributed by atoms with Gasteiger partial charge in [0.1, 0.15) is 0 Å². The van der Waals surface area contributed by atoms with Crippen molar-refractivity contribution in [3.8, 4) is 11.3 Å². The van der Waals surface area contributed by atoms with E-state index in [0.717, 1.165) is 47.8 Å². The zero-order chi connectivity index (χ0) is 26.5. The molecule has 4 heterocycles. The maximum absolute atomic E-state index is 13.2. The Morgan fingerprint density at radius 1 is 1.08 bits per heavy atom. The third kappa shape index (κ3) is 6.03. The molecule has 1 unspecified atom stereocenters. The quantitative estimate of drug-likeness (QED) is 0.329. The molecule has 4 aromatic rings. The minimum Gasteiger partial charge on any atom is -0.323 e. The number of piperidine rings is 1. The van der Waals surface area contributed by atoms with E-state index >= 15 is 0 Å². The standard InChI is InChI=1S/C30H33N7O/c1-4-37-12-6-8-23(19-37)24-13-20(2)14-26(15-24)34-29(38)25-16-28(21(3)33-18-25)36-30-32-11-9-27(35-30)22-7-5-10-31-17-22/h5,7,9-11,13-18,23H,4,6,8,12,19H2,1-3H3,(H,34,38)(H,32,35,36). The Hall–Kier alpha value is -4.17. The van der Waals surface area contributed by atoms with Crippen LogP contribution in [-0.4, -0.2) is 50.4 Å². The number of aromatic nitrogens is 4. The lowest BCUT2D eigenvalue weighted by molar-refractivity contribution is 0.102. The van der Waals surface area contributed by atoms with Crippen LogP contribution in [0.15, 0.2) is 67.3 Å². The van der Waals surface area contributed by atoms with Gasteiger partial charge in [-0.05, 0) is 93.2 Å². The second kappa shape index (κ2) is 11.5. The molecule has 194 valence electrons. The highest BCUT2D eigenvalue weighted by atomic mass is 16.1. The number of carbonyl (C=O) groups is 1. The van der Waals surface area contributed by atoms with Gasteiger partial charge in [-0.15, -0.1) is 0 Å². The molecular formula is C30H33N7O. The number of aryl methyl sites for hydroxylation is 2. The van der Waals surface area contributed by atoms with Gasteiger partial charge in [0, 0.05) is 42.6 Å². The number of anilines is 3. The summed E-state index contributed by atoms with van der Waals surface area (Å²) in [7, 11) is 0. The van der Waals surface area contributed by atoms with E-state index in [-0.39, 0.29) is 5.91 Å². The van der Waals surface area contributed by atoms with Gasteiger partial charge in [0.25, 0.3) is 5.91 Å². The van der Waals surface area contributed by atoms with E-state index in [0.29, 0.717) is 23.1 Å². The van der Waals surface area contributed by atoms with Gasteiger partial charge >= 0.3 is 0 Å². The van der Waals surface area contributed by atoms with E-state index in [1.54, 1.807) is 30.9 Å². The van der Waals surface area contributed by atoms with Crippen LogP contribution in [0.3, 0.4) is 0 Å². The van der Waals surface area contributed by atoms with E-state index in [1.165, 1.54) is 18.4 Å². The van der Waals surface area contributed by atoms with Crippen molar-refractivity contribution in [1.29, 1.82) is 0 Å². The summed E-state index contributed by atoms with van der Waals surface area (Å²) in [6.45, 7) is 9.47. The van der Waals surface area contributed by atoms with E-state index < -0.39 is 0 Å². The molecule has 8 heteroatoms. The minimum atomic E-state index is -0.207. The average molecular weight is 508 g/mol. The van der Waals surface area contributed by atoms with Crippen molar-refractivity contribution < 1.29 is 4.79 Å². The molecule has 1 fully saturated rings. The molecule has 1 amide bonds. The smallest absolute Gasteiger partial charge is 0.257 e. The van der Waals surface area contributed by atoms with Crippen molar-refractivity contribution in [3.05, 3.63) is 89.6 Å². The van der Waals surface area contributed by atoms with Gasteiger partial charge in [0.15, 0.2) is 0 Å². The first-order valence-corrected chi connectivity index (χ1v) is 13.1. The molecule has 1 saturated heterocycles. The lowest BCUT2D eigenvalue weighted by Crippen LogP contribution is -2.34. The number of likely N-dealkylation sites (tertiary alicyclic amines) is 1. The number of rotatable bonds is 7. The number of nitrogens with zero attached hydrogens (tertiary/aromatic N) is 5. The topological polar surface area (TPSA) is 95.9 Å². The number of nitrogens with one attached hydrogen (secondary N) is 2. The van der Waals surface area contributed by atoms with Crippen LogP contribution in [0.1, 0.15) is 52.9 Å². The van der Waals surface area contributed by atoms with Crippen molar-refractivity contribution in [2.75, 3.05) is 30.3 Å². The van der Waals surface area contributed by atoms with Gasteiger partial charge in [-0.2, -0.15) is 0 Å². The third-order valence-corrected chi connectivity index (χ3v) is 6.99. The molecule has 1 aliphatic heterocycles. The maximum Gasteiger partial charge on any atom is 0.257 e. The average Bonchev–Trinajstić information content (AvgIpc) is 2.94. The van der Waals surface area contributed by atoms with E-state index in [2.05, 4.69) is 61.4 Å². The highest BCUT2D eigenvalue weighted by Gasteiger charge is 2.21. The molecule has 0 radical (unpaired) electrons. The number of hydrogen-bond acceptors (Lipinski definition) is 7. The number of carbonyl (C=O) groups excluding carboxylic acids is 1. The SMILES string of the molecule is CCN1CCCC(c2cc(C)cc(NC(=O)c3cnc(C)c(Nc4nccc(-c5cccnc5)n4)c3)c2)C1. The van der Waals surface area contributed by atoms with Crippen LogP contribution < -0.4 is 10.6 Å². The van der Waals surface area contributed by atoms with Gasteiger partial charge in [-0.1, -0.05) is 13.0 Å². The second-order valence-corrected chi connectivity index (χ2v) is 9.81. The monoisotopic (exact) mass is 507 g/mol. The number of hydrogen-bond donors (Lipinski definition) is 2. The Kier molecular flexibility index (Phi) is 7.70. The molecule has 0 saturated carbocycles. The van der Waals surface area contributed by atoms with Gasteiger partial charge in [-0.3, -0.25) is 14.8 Å². The molecule has 38 heavy (non-hydrogen) atoms. The number of pyridine rings is 2. The van der Waals surface area contributed by atoms with Crippen molar-refractivity contribution in [2.24, 2.45) is 0 Å². The fourth-order valence-electron chi connectivity index (χ4n) is 4.94. The molecule has 2 N–H and O–H groups in total. The summed E-state index contributed by atoms with van der Waals surface area (Å²) in [4.78, 5) is 33.3. The summed E-state index contributed by atoms with van der Waals surface area (Å²) in [5.41, 5.74) is 6.76. The summed E-state index contributed by atoms with van der Waals surface area (Å²) < 4.78 is 0. The predicted octanol–water partition coefficient (Wildman–Crippen LogP) is 5.75. The zero-order valence-corrected chi connectivity index (χ0v) is 22.1. The summed E-state index contributed by atoms with van der Waals surface area (Å²) in [6, 6.07) is 13.8. The Morgan fingerprint density at radius 3 is 2.79 bits per heavy atom. The molecule has 0 bridgehead atoms. The Morgan fingerprint density at radius 2 is 1.97 bits per heavy atom. The van der Waals surface area contributed by atoms with Crippen LogP contribution in [0.2, 0.25) is 0 Å². The lowest BCUT2D eigenvalue weighted by Gasteiger charge is -2.32. The van der Waals surface area contributed by atoms with Gasteiger partial charge < -0.3 is 15.5 Å². The summed E-state index contributed by atoms with van der Waals surface area (Å²) in [5, 5.41) is 6.31. The molecule has 1 aromatic carbocycles. The molecule has 3 aromatic heterocycles. The fraction of sp³-hybridized carbons (Fsp3) is 0.300. The first kappa shape index (κ1) is 25.5. The number of amides is 1. The number of benzene rings is 1. The van der Waals surface area contributed by atoms with E-state index in [1.807, 2.05) is 31.2 Å². The summed E-state index contributed by atoms with van der Waals surface area (Å²) >= 11 is 0. The van der Waals surface area contributed by atoms with Crippen LogP contribution in [0, 0.1) is 13.8 Å². The van der Waals surface area contributed by atoms with E-state index in [9.17, 15) is 4.79 Å². The summed E-state index contributed by atoms with van der Waals surface area (Å²) in [6.07, 6.45) is 9.15. The normalized spacial score (nSPS) is 15.7. The fourth-order valence-corrected chi connectivity index (χ4v) is 4.94. The van der Waals surface area contributed by atoms with Gasteiger partial charge in [0.05, 0.1) is 22.6 Å². The summed E-state index contributed by atoms with van der Waals surface area (Å²) in [5.74, 6) is 0.699. The first-order chi connectivity index (χ1) is 18.5. The Balaban J connectivity index is 1.33. The Labute approximate surface area is 223 Å². The molecule has 5 rings (SSSR count).